The molecule has 8 nitrogen and oxygen atoms in total. The Morgan fingerprint density at radius 3 is 2.37 bits per heavy atom. The van der Waals surface area contributed by atoms with E-state index in [0.717, 1.165) is 0 Å². The largest absolute Gasteiger partial charge is 0.444 e. The number of hydrogen-bond donors (Lipinski definition) is 0. The van der Waals surface area contributed by atoms with E-state index >= 15 is 0 Å². The number of benzene rings is 1. The molecular weight excluding hydrogens is 409 g/mol. The van der Waals surface area contributed by atoms with Crippen LogP contribution in [0.2, 0.25) is 0 Å². The molecule has 10 heteroatoms. The Labute approximate surface area is 179 Å². The number of carbonyl (C=O) groups is 2. The molecule has 3 rings (SSSR count). The molecule has 1 aliphatic heterocycles. The van der Waals surface area contributed by atoms with Crippen LogP contribution in [0.25, 0.3) is 10.6 Å². The van der Waals surface area contributed by atoms with Gasteiger partial charge in [-0.1, -0.05) is 17.4 Å². The third-order valence-electron chi connectivity index (χ3n) is 4.47. The lowest BCUT2D eigenvalue weighted by molar-refractivity contribution is 0.0240. The smallest absolute Gasteiger partial charge is 0.410 e. The monoisotopic (exact) mass is 435 g/mol. The molecule has 0 bridgehead atoms. The fourth-order valence-electron chi connectivity index (χ4n) is 2.93. The Morgan fingerprint density at radius 2 is 1.80 bits per heavy atom. The number of piperazine rings is 1. The highest BCUT2D eigenvalue weighted by atomic mass is 32.1. The van der Waals surface area contributed by atoms with Gasteiger partial charge in [0.05, 0.1) is 5.56 Å². The number of amides is 2. The predicted octanol–water partition coefficient (Wildman–Crippen LogP) is 3.10. The third-order valence-corrected chi connectivity index (χ3v) is 5.50. The summed E-state index contributed by atoms with van der Waals surface area (Å²) in [6.07, 6.45) is -0.317. The third kappa shape index (κ3) is 5.05. The number of carbonyl (C=O) groups excluding carboxylic acids is 2. The number of hydrogen-bond acceptors (Lipinski definition) is 7. The first-order valence-corrected chi connectivity index (χ1v) is 10.4. The number of rotatable bonds is 3. The van der Waals surface area contributed by atoms with Gasteiger partial charge < -0.3 is 19.4 Å². The molecule has 1 aromatic carbocycles. The summed E-state index contributed by atoms with van der Waals surface area (Å²) in [7, 11) is 3.16. The fraction of sp³-hybridized carbons (Fsp3) is 0.500. The van der Waals surface area contributed by atoms with Crippen molar-refractivity contribution < 1.29 is 18.7 Å². The summed E-state index contributed by atoms with van der Waals surface area (Å²) in [6, 6.07) is 4.44. The minimum atomic E-state index is -0.589. The first-order valence-electron chi connectivity index (χ1n) is 9.63. The minimum Gasteiger partial charge on any atom is -0.444 e. The molecule has 1 fully saturated rings. The maximum absolute atomic E-state index is 14.4. The Balaban J connectivity index is 1.66. The highest BCUT2D eigenvalue weighted by Gasteiger charge is 2.27. The van der Waals surface area contributed by atoms with Crippen LogP contribution in [0.5, 0.6) is 0 Å². The summed E-state index contributed by atoms with van der Waals surface area (Å²) in [6.45, 7) is 7.80. The second kappa shape index (κ2) is 8.55. The number of aromatic nitrogens is 2. The van der Waals surface area contributed by atoms with E-state index in [0.29, 0.717) is 41.9 Å². The van der Waals surface area contributed by atoms with Crippen molar-refractivity contribution in [2.24, 2.45) is 0 Å². The summed E-state index contributed by atoms with van der Waals surface area (Å²) in [4.78, 5) is 29.2. The van der Waals surface area contributed by atoms with E-state index in [1.54, 1.807) is 25.1 Å². The quantitative estimate of drug-likeness (QED) is 0.737. The molecule has 30 heavy (non-hydrogen) atoms. The van der Waals surface area contributed by atoms with Gasteiger partial charge in [-0.05, 0) is 32.9 Å². The molecule has 0 spiro atoms. The predicted molar refractivity (Wildman–Crippen MR) is 113 cm³/mol. The Morgan fingerprint density at radius 1 is 1.13 bits per heavy atom. The molecule has 0 atom stereocenters. The minimum absolute atomic E-state index is 0.0201. The number of halogens is 1. The maximum Gasteiger partial charge on any atom is 0.410 e. The zero-order valence-electron chi connectivity index (χ0n) is 17.8. The van der Waals surface area contributed by atoms with Crippen LogP contribution in [0.15, 0.2) is 18.2 Å². The second-order valence-electron chi connectivity index (χ2n) is 8.24. The average molecular weight is 436 g/mol. The van der Waals surface area contributed by atoms with Crippen LogP contribution in [0.1, 0.15) is 31.1 Å². The van der Waals surface area contributed by atoms with Crippen LogP contribution in [0.3, 0.4) is 0 Å². The van der Waals surface area contributed by atoms with E-state index < -0.39 is 11.4 Å². The van der Waals surface area contributed by atoms with Gasteiger partial charge in [0, 0.05) is 45.8 Å². The van der Waals surface area contributed by atoms with Crippen LogP contribution < -0.4 is 4.90 Å². The van der Waals surface area contributed by atoms with Crippen LogP contribution in [0.4, 0.5) is 14.3 Å². The van der Waals surface area contributed by atoms with Gasteiger partial charge in [0.2, 0.25) is 5.13 Å². The molecule has 1 saturated heterocycles. The topological polar surface area (TPSA) is 78.9 Å². The summed E-state index contributed by atoms with van der Waals surface area (Å²) >= 11 is 1.35. The van der Waals surface area contributed by atoms with Gasteiger partial charge in [-0.15, -0.1) is 10.2 Å². The molecule has 0 aliphatic carbocycles. The van der Waals surface area contributed by atoms with E-state index in [9.17, 15) is 14.0 Å². The zero-order chi connectivity index (χ0) is 22.1. The average Bonchev–Trinajstić information content (AvgIpc) is 3.16. The van der Waals surface area contributed by atoms with Crippen molar-refractivity contribution in [1.29, 1.82) is 0 Å². The van der Waals surface area contributed by atoms with Crippen LogP contribution in [-0.2, 0) is 4.74 Å². The van der Waals surface area contributed by atoms with Gasteiger partial charge >= 0.3 is 6.09 Å². The highest BCUT2D eigenvalue weighted by Crippen LogP contribution is 2.30. The normalized spacial score (nSPS) is 14.6. The fourth-order valence-corrected chi connectivity index (χ4v) is 3.82. The Kier molecular flexibility index (Phi) is 6.25. The molecule has 0 N–H and O–H groups in total. The standard InChI is InChI=1S/C20H26FN5O3S/c1-20(2,3)29-19(28)26-10-8-25(9-11-26)18-23-22-16(30-18)13-6-7-14(15(21)12-13)17(27)24(4)5/h6-7,12H,8-11H2,1-5H3. The van der Waals surface area contributed by atoms with E-state index in [1.807, 2.05) is 25.7 Å². The molecular formula is C20H26FN5O3S. The SMILES string of the molecule is CN(C)C(=O)c1ccc(-c2nnc(N3CCN(C(=O)OC(C)(C)C)CC3)s2)cc1F. The van der Waals surface area contributed by atoms with Crippen molar-refractivity contribution in [2.45, 2.75) is 26.4 Å². The number of ether oxygens (including phenoxy) is 1. The first-order chi connectivity index (χ1) is 14.0. The lowest BCUT2D eigenvalue weighted by Crippen LogP contribution is -2.50. The second-order valence-corrected chi connectivity index (χ2v) is 9.19. The molecule has 2 heterocycles. The van der Waals surface area contributed by atoms with Crippen molar-refractivity contribution in [2.75, 3.05) is 45.2 Å². The van der Waals surface area contributed by atoms with Crippen molar-refractivity contribution in [3.63, 3.8) is 0 Å². The Bertz CT molecular complexity index is 933. The summed E-state index contributed by atoms with van der Waals surface area (Å²) in [5.74, 6) is -0.978. The molecule has 1 aromatic heterocycles. The van der Waals surface area contributed by atoms with Crippen LogP contribution in [-0.4, -0.2) is 77.9 Å². The van der Waals surface area contributed by atoms with E-state index in [2.05, 4.69) is 10.2 Å². The van der Waals surface area contributed by atoms with Crippen molar-refractivity contribution in [1.82, 2.24) is 20.0 Å². The lowest BCUT2D eigenvalue weighted by Gasteiger charge is -2.35. The van der Waals surface area contributed by atoms with E-state index in [4.69, 9.17) is 4.74 Å². The lowest BCUT2D eigenvalue weighted by atomic mass is 10.1. The van der Waals surface area contributed by atoms with Crippen molar-refractivity contribution in [3.8, 4) is 10.6 Å². The van der Waals surface area contributed by atoms with Crippen molar-refractivity contribution >= 4 is 28.5 Å². The van der Waals surface area contributed by atoms with Gasteiger partial charge in [0.1, 0.15) is 16.4 Å². The summed E-state index contributed by atoms with van der Waals surface area (Å²) in [5.41, 5.74) is 0.0651. The highest BCUT2D eigenvalue weighted by molar-refractivity contribution is 7.18. The first kappa shape index (κ1) is 21.9. The molecule has 2 amide bonds. The van der Waals surface area contributed by atoms with Gasteiger partial charge in [0.25, 0.3) is 5.91 Å². The molecule has 2 aromatic rings. The van der Waals surface area contributed by atoms with Crippen LogP contribution >= 0.6 is 11.3 Å². The molecule has 0 unspecified atom stereocenters. The Hall–Kier alpha value is -2.75. The summed E-state index contributed by atoms with van der Waals surface area (Å²) < 4.78 is 19.8. The molecule has 162 valence electrons. The van der Waals surface area contributed by atoms with Gasteiger partial charge in [0.15, 0.2) is 0 Å². The molecule has 1 aliphatic rings. The number of anilines is 1. The number of nitrogens with zero attached hydrogens (tertiary/aromatic N) is 5. The molecule has 0 radical (unpaired) electrons. The van der Waals surface area contributed by atoms with E-state index in [-0.39, 0.29) is 17.6 Å². The van der Waals surface area contributed by atoms with Gasteiger partial charge in [-0.3, -0.25) is 4.79 Å². The summed E-state index contributed by atoms with van der Waals surface area (Å²) in [5, 5.41) is 9.68. The maximum atomic E-state index is 14.4. The molecule has 0 saturated carbocycles. The van der Waals surface area contributed by atoms with Crippen LogP contribution in [0, 0.1) is 5.82 Å². The van der Waals surface area contributed by atoms with Crippen molar-refractivity contribution in [3.05, 3.63) is 29.6 Å². The van der Waals surface area contributed by atoms with Gasteiger partial charge in [-0.2, -0.15) is 0 Å². The van der Waals surface area contributed by atoms with Gasteiger partial charge in [-0.25, -0.2) is 9.18 Å². The van der Waals surface area contributed by atoms with E-state index in [1.165, 1.54) is 28.4 Å². The zero-order valence-corrected chi connectivity index (χ0v) is 18.6.